The monoisotopic (exact) mass is 968 g/mol. The molecule has 5 atom stereocenters. The molecule has 3 aromatic rings. The summed E-state index contributed by atoms with van der Waals surface area (Å²) in [7, 11) is -7.18. The summed E-state index contributed by atoms with van der Waals surface area (Å²) in [6, 6.07) is 30.6. The van der Waals surface area contributed by atoms with Crippen molar-refractivity contribution < 1.29 is 27.9 Å². The maximum absolute atomic E-state index is 14.2. The molecule has 0 aliphatic carbocycles. The second kappa shape index (κ2) is 25.4. The van der Waals surface area contributed by atoms with Crippen LogP contribution >= 0.6 is 0 Å². The van der Waals surface area contributed by atoms with Crippen molar-refractivity contribution in [3.8, 4) is 0 Å². The minimum absolute atomic E-state index is 0.0265. The number of aliphatic hydroxyl groups is 1. The molecule has 0 radical (unpaired) electrons. The number of rotatable bonds is 24. The molecule has 2 N–H and O–H groups in total. The number of carbonyl (C=O) groups is 1. The van der Waals surface area contributed by atoms with Gasteiger partial charge in [0.1, 0.15) is 6.10 Å². The van der Waals surface area contributed by atoms with Crippen molar-refractivity contribution in [1.29, 1.82) is 0 Å². The van der Waals surface area contributed by atoms with Gasteiger partial charge in [-0.15, -0.1) is 0 Å². The lowest BCUT2D eigenvalue weighted by Gasteiger charge is -2.44. The number of amides is 1. The summed E-state index contributed by atoms with van der Waals surface area (Å²) in [5.74, 6) is -0.445. The maximum Gasteiger partial charge on any atom is 0.262 e. The van der Waals surface area contributed by atoms with Gasteiger partial charge in [0.05, 0.1) is 24.9 Å². The van der Waals surface area contributed by atoms with Gasteiger partial charge in [-0.1, -0.05) is 208 Å². The molecule has 370 valence electrons. The van der Waals surface area contributed by atoms with Gasteiger partial charge >= 0.3 is 0 Å². The molecule has 0 unspecified atom stereocenters. The lowest BCUT2D eigenvalue weighted by atomic mass is 9.99. The zero-order chi connectivity index (χ0) is 50.3. The number of hydrogen-bond acceptors (Lipinski definition) is 6. The molecule has 3 rings (SSSR count). The van der Waals surface area contributed by atoms with Crippen molar-refractivity contribution in [3.05, 3.63) is 144 Å². The van der Waals surface area contributed by atoms with Gasteiger partial charge in [0.25, 0.3) is 8.32 Å². The second-order valence-electron chi connectivity index (χ2n) is 22.6. The number of nitrogens with one attached hydrogen (secondary N) is 1. The highest BCUT2D eigenvalue weighted by atomic mass is 28.4. The first kappa shape index (κ1) is 57.9. The van der Waals surface area contributed by atoms with E-state index in [2.05, 4.69) is 168 Å². The number of benzene rings is 3. The van der Waals surface area contributed by atoms with Gasteiger partial charge in [-0.3, -0.25) is 4.79 Å². The Morgan fingerprint density at radius 2 is 1.12 bits per heavy atom. The molecule has 0 saturated carbocycles. The summed E-state index contributed by atoms with van der Waals surface area (Å²) < 4.78 is 27.2. The SMILES string of the molecule is CC(/C=C/[C@H](CCOCc1ccccc1)O[Si](C)(C)C(C)(C)C)=C\C[C@@H](/C=C/C(C)=C/[C@H](NC(=O)[C@H](C)O[Si](c1ccccc1)(c1ccccc1)C(C)(C)C)[C@H](C)CO)O[Si](C)(C)C(C)(C)C. The molecule has 10 heteroatoms. The summed E-state index contributed by atoms with van der Waals surface area (Å²) in [5.41, 5.74) is 3.28. The van der Waals surface area contributed by atoms with E-state index in [-0.39, 0.29) is 45.8 Å². The van der Waals surface area contributed by atoms with Gasteiger partial charge in [-0.25, -0.2) is 0 Å². The third-order valence-electron chi connectivity index (χ3n) is 13.8. The predicted octanol–water partition coefficient (Wildman–Crippen LogP) is 12.8. The summed E-state index contributed by atoms with van der Waals surface area (Å²) in [4.78, 5) is 14.2. The smallest absolute Gasteiger partial charge is 0.262 e. The molecular formula is C57H89NO6Si3. The summed E-state index contributed by atoms with van der Waals surface area (Å²) in [6.07, 6.45) is 13.5. The van der Waals surface area contributed by atoms with Crippen LogP contribution in [0, 0.1) is 5.92 Å². The highest BCUT2D eigenvalue weighted by molar-refractivity contribution is 6.99. The Morgan fingerprint density at radius 3 is 1.60 bits per heavy atom. The van der Waals surface area contributed by atoms with Crippen LogP contribution in [0.1, 0.15) is 108 Å². The van der Waals surface area contributed by atoms with E-state index in [4.69, 9.17) is 18.0 Å². The lowest BCUT2D eigenvalue weighted by Crippen LogP contribution is -2.68. The molecule has 0 aliphatic rings. The van der Waals surface area contributed by atoms with Crippen LogP contribution < -0.4 is 15.7 Å². The first-order valence-electron chi connectivity index (χ1n) is 24.5. The van der Waals surface area contributed by atoms with Crippen LogP contribution in [0.4, 0.5) is 0 Å². The highest BCUT2D eigenvalue weighted by Crippen LogP contribution is 2.40. The fraction of sp³-hybridized carbons (Fsp3) is 0.526. The first-order valence-corrected chi connectivity index (χ1v) is 32.2. The minimum Gasteiger partial charge on any atom is -0.410 e. The van der Waals surface area contributed by atoms with Crippen LogP contribution in [0.15, 0.2) is 139 Å². The second-order valence-corrected chi connectivity index (χ2v) is 36.4. The van der Waals surface area contributed by atoms with Gasteiger partial charge in [0, 0.05) is 19.1 Å². The number of hydrogen-bond donors (Lipinski definition) is 2. The molecule has 0 bridgehead atoms. The molecule has 0 heterocycles. The Bertz CT molecular complexity index is 2020. The van der Waals surface area contributed by atoms with E-state index in [0.717, 1.165) is 27.9 Å². The van der Waals surface area contributed by atoms with Crippen LogP contribution in [0.5, 0.6) is 0 Å². The quantitative estimate of drug-likeness (QED) is 0.0528. The van der Waals surface area contributed by atoms with E-state index in [0.29, 0.717) is 19.6 Å². The fourth-order valence-corrected chi connectivity index (χ4v) is 14.7. The van der Waals surface area contributed by atoms with Crippen molar-refractivity contribution in [2.45, 2.75) is 175 Å². The summed E-state index contributed by atoms with van der Waals surface area (Å²) >= 11 is 0. The van der Waals surface area contributed by atoms with Crippen LogP contribution in [0.3, 0.4) is 0 Å². The zero-order valence-corrected chi connectivity index (χ0v) is 47.5. The van der Waals surface area contributed by atoms with Gasteiger partial charge in [-0.2, -0.15) is 0 Å². The predicted molar refractivity (Wildman–Crippen MR) is 292 cm³/mol. The Hall–Kier alpha value is -3.46. The maximum atomic E-state index is 14.2. The average Bonchev–Trinajstić information content (AvgIpc) is 3.25. The van der Waals surface area contributed by atoms with Crippen molar-refractivity contribution in [3.63, 3.8) is 0 Å². The standard InChI is InChI=1S/C57H89NO6Si3/c1-44(34-37-50(64-66(16,17)56(8,9)10)39-40-61-43-48-27-21-18-22-28-48)33-36-49(63-65(14,15)55(5,6)7)38-35-45(2)41-53(46(3)42-59)58-54(60)47(4)62-67(57(11,12)13,51-29-23-19-24-30-51)52-31-25-20-26-32-52/h18-35,37-38,41,46-47,49-50,53,59H,36,39-40,42-43H2,1-17H3,(H,58,60)/b37-34+,38-35+,44-33+,45-41+/t46-,47+,49+,50-,53+/m1/s1. The topological polar surface area (TPSA) is 86.3 Å². The molecule has 67 heavy (non-hydrogen) atoms. The normalized spacial score (nSPS) is 16.3. The lowest BCUT2D eigenvalue weighted by molar-refractivity contribution is -0.128. The minimum atomic E-state index is -2.98. The summed E-state index contributed by atoms with van der Waals surface area (Å²) in [5, 5.41) is 15.7. The zero-order valence-electron chi connectivity index (χ0n) is 44.5. The first-order chi connectivity index (χ1) is 31.1. The Morgan fingerprint density at radius 1 is 0.657 bits per heavy atom. The number of ether oxygens (including phenoxy) is 1. The average molecular weight is 969 g/mol. The van der Waals surface area contributed by atoms with E-state index in [9.17, 15) is 9.90 Å². The number of allylic oxidation sites excluding steroid dienone is 4. The highest BCUT2D eigenvalue weighted by Gasteiger charge is 2.52. The van der Waals surface area contributed by atoms with Crippen LogP contribution in [-0.2, 0) is 29.4 Å². The molecule has 0 aliphatic heterocycles. The van der Waals surface area contributed by atoms with Gasteiger partial charge in [0.15, 0.2) is 16.6 Å². The number of aliphatic hydroxyl groups excluding tert-OH is 1. The third kappa shape index (κ3) is 17.5. The van der Waals surface area contributed by atoms with E-state index in [1.54, 1.807) is 0 Å². The van der Waals surface area contributed by atoms with Crippen molar-refractivity contribution >= 4 is 41.2 Å². The molecule has 3 aromatic carbocycles. The Balaban J connectivity index is 1.87. The fourth-order valence-electron chi connectivity index (χ4n) is 7.41. The van der Waals surface area contributed by atoms with Gasteiger partial charge in [0.2, 0.25) is 5.91 Å². The van der Waals surface area contributed by atoms with Crippen LogP contribution in [-0.4, -0.2) is 73.5 Å². The molecular weight excluding hydrogens is 879 g/mol. The molecule has 0 aromatic heterocycles. The van der Waals surface area contributed by atoms with Crippen molar-refractivity contribution in [1.82, 2.24) is 5.32 Å². The number of carbonyl (C=O) groups excluding carboxylic acids is 1. The van der Waals surface area contributed by atoms with E-state index in [1.807, 2.05) is 81.4 Å². The van der Waals surface area contributed by atoms with Crippen LogP contribution in [0.2, 0.25) is 41.3 Å². The van der Waals surface area contributed by atoms with E-state index in [1.165, 1.54) is 5.56 Å². The third-order valence-corrected chi connectivity index (χ3v) is 27.9. The molecule has 0 spiro atoms. The summed E-state index contributed by atoms with van der Waals surface area (Å²) in [6.45, 7) is 38.6. The van der Waals surface area contributed by atoms with Crippen LogP contribution in [0.25, 0.3) is 0 Å². The largest absolute Gasteiger partial charge is 0.410 e. The Labute approximate surface area is 410 Å². The van der Waals surface area contributed by atoms with E-state index >= 15 is 0 Å². The Kier molecular flexibility index (Phi) is 21.9. The molecule has 0 saturated heterocycles. The van der Waals surface area contributed by atoms with Gasteiger partial charge < -0.3 is 28.4 Å². The van der Waals surface area contributed by atoms with E-state index < -0.39 is 37.1 Å². The molecule has 7 nitrogen and oxygen atoms in total. The van der Waals surface area contributed by atoms with Crippen molar-refractivity contribution in [2.24, 2.45) is 5.92 Å². The van der Waals surface area contributed by atoms with Crippen molar-refractivity contribution in [2.75, 3.05) is 13.2 Å². The molecule has 1 amide bonds. The van der Waals surface area contributed by atoms with Gasteiger partial charge in [-0.05, 0) is 90.9 Å². The molecule has 0 fully saturated rings.